The molecule has 0 aliphatic heterocycles. The van der Waals surface area contributed by atoms with Crippen LogP contribution in [0.3, 0.4) is 0 Å². The Labute approximate surface area is 150 Å². The molecule has 4 nitrogen and oxygen atoms in total. The molecule has 2 fully saturated rings. The molecule has 2 unspecified atom stereocenters. The van der Waals surface area contributed by atoms with E-state index in [0.717, 1.165) is 25.7 Å². The zero-order valence-electron chi connectivity index (χ0n) is 15.0. The van der Waals surface area contributed by atoms with Gasteiger partial charge in [0.05, 0.1) is 11.8 Å². The van der Waals surface area contributed by atoms with Gasteiger partial charge in [0, 0.05) is 12.6 Å². The minimum atomic E-state index is -0.109. The Morgan fingerprint density at radius 3 is 2.32 bits per heavy atom. The van der Waals surface area contributed by atoms with Crippen LogP contribution in [-0.4, -0.2) is 24.4 Å². The molecule has 2 N–H and O–H groups in total. The summed E-state index contributed by atoms with van der Waals surface area (Å²) in [5.74, 6) is -0.0645. The number of carbonyl (C=O) groups is 2. The molecule has 2 aliphatic rings. The Balaban J connectivity index is 1.32. The van der Waals surface area contributed by atoms with Gasteiger partial charge in [-0.15, -0.1) is 0 Å². The van der Waals surface area contributed by atoms with Gasteiger partial charge in [0.1, 0.15) is 0 Å². The molecule has 2 amide bonds. The van der Waals surface area contributed by atoms with E-state index in [2.05, 4.69) is 22.8 Å². The van der Waals surface area contributed by atoms with E-state index in [4.69, 9.17) is 0 Å². The van der Waals surface area contributed by atoms with Crippen molar-refractivity contribution in [3.05, 3.63) is 35.9 Å². The van der Waals surface area contributed by atoms with E-state index in [1.165, 1.54) is 31.2 Å². The molecule has 1 aromatic carbocycles. The maximum Gasteiger partial charge on any atom is 0.224 e. The number of aryl methyl sites for hydroxylation is 1. The van der Waals surface area contributed by atoms with E-state index < -0.39 is 0 Å². The molecule has 2 atom stereocenters. The maximum absolute atomic E-state index is 12.3. The van der Waals surface area contributed by atoms with Gasteiger partial charge in [-0.05, 0) is 37.7 Å². The highest BCUT2D eigenvalue weighted by Gasteiger charge is 2.48. The lowest BCUT2D eigenvalue weighted by Crippen LogP contribution is -2.37. The van der Waals surface area contributed by atoms with Crippen LogP contribution in [-0.2, 0) is 16.0 Å². The number of rotatable bonds is 7. The summed E-state index contributed by atoms with van der Waals surface area (Å²) in [6.07, 6.45) is 9.78. The highest BCUT2D eigenvalue weighted by molar-refractivity contribution is 5.92. The van der Waals surface area contributed by atoms with Gasteiger partial charge >= 0.3 is 0 Å². The Kier molecular flexibility index (Phi) is 6.48. The molecule has 136 valence electrons. The zero-order valence-corrected chi connectivity index (χ0v) is 15.0. The Hall–Kier alpha value is -1.84. The lowest BCUT2D eigenvalue weighted by molar-refractivity contribution is -0.127. The van der Waals surface area contributed by atoms with Crippen LogP contribution in [0, 0.1) is 11.8 Å². The van der Waals surface area contributed by atoms with Crippen molar-refractivity contribution in [1.82, 2.24) is 10.6 Å². The smallest absolute Gasteiger partial charge is 0.224 e. The predicted octanol–water partition coefficient (Wildman–Crippen LogP) is 3.21. The second-order valence-electron chi connectivity index (χ2n) is 7.53. The van der Waals surface area contributed by atoms with Gasteiger partial charge in [0.2, 0.25) is 11.8 Å². The largest absolute Gasteiger partial charge is 0.356 e. The van der Waals surface area contributed by atoms with Crippen LogP contribution < -0.4 is 10.6 Å². The molecule has 0 aromatic heterocycles. The van der Waals surface area contributed by atoms with Gasteiger partial charge in [-0.25, -0.2) is 0 Å². The minimum absolute atomic E-state index is 0.0501. The quantitative estimate of drug-likeness (QED) is 0.590. The van der Waals surface area contributed by atoms with Crippen molar-refractivity contribution in [2.45, 2.75) is 63.8 Å². The van der Waals surface area contributed by atoms with Gasteiger partial charge in [0.15, 0.2) is 0 Å². The fraction of sp³-hybridized carbons (Fsp3) is 0.619. The normalized spacial score (nSPS) is 23.5. The standard InChI is InChI=1S/C21H30N2O2/c24-20(22-14-8-11-16-9-4-3-5-10-16)18-15-19(18)21(25)23-17-12-6-1-2-7-13-17/h3-5,9-10,17-19H,1-2,6-8,11-15H2,(H,22,24)(H,23,25). The molecule has 0 spiro atoms. The third-order valence-electron chi connectivity index (χ3n) is 5.45. The third kappa shape index (κ3) is 5.58. The number of benzene rings is 1. The lowest BCUT2D eigenvalue weighted by Gasteiger charge is -2.16. The Morgan fingerprint density at radius 2 is 1.60 bits per heavy atom. The topological polar surface area (TPSA) is 58.2 Å². The van der Waals surface area contributed by atoms with Crippen molar-refractivity contribution in [2.75, 3.05) is 6.54 Å². The highest BCUT2D eigenvalue weighted by Crippen LogP contribution is 2.39. The van der Waals surface area contributed by atoms with Crippen LogP contribution in [0.5, 0.6) is 0 Å². The molecule has 0 saturated heterocycles. The molecule has 3 rings (SSSR count). The van der Waals surface area contributed by atoms with Crippen molar-refractivity contribution in [3.8, 4) is 0 Å². The number of hydrogen-bond donors (Lipinski definition) is 2. The summed E-state index contributed by atoms with van der Waals surface area (Å²) in [4.78, 5) is 24.5. The van der Waals surface area contributed by atoms with Crippen molar-refractivity contribution in [1.29, 1.82) is 0 Å². The summed E-state index contributed by atoms with van der Waals surface area (Å²) < 4.78 is 0. The number of carbonyl (C=O) groups excluding carboxylic acids is 2. The minimum Gasteiger partial charge on any atom is -0.356 e. The van der Waals surface area contributed by atoms with Gasteiger partial charge in [0.25, 0.3) is 0 Å². The average Bonchev–Trinajstić information content (AvgIpc) is 3.44. The highest BCUT2D eigenvalue weighted by atomic mass is 16.2. The van der Waals surface area contributed by atoms with Crippen LogP contribution in [0.25, 0.3) is 0 Å². The SMILES string of the molecule is O=C(NCCCc1ccccc1)C1CC1C(=O)NC1CCCCCC1. The summed E-state index contributed by atoms with van der Waals surface area (Å²) >= 11 is 0. The number of hydrogen-bond acceptors (Lipinski definition) is 2. The third-order valence-corrected chi connectivity index (χ3v) is 5.45. The van der Waals surface area contributed by atoms with E-state index in [1.807, 2.05) is 18.2 Å². The van der Waals surface area contributed by atoms with Crippen molar-refractivity contribution < 1.29 is 9.59 Å². The fourth-order valence-electron chi connectivity index (χ4n) is 3.79. The first-order chi connectivity index (χ1) is 12.2. The summed E-state index contributed by atoms with van der Waals surface area (Å²) in [7, 11) is 0. The predicted molar refractivity (Wildman–Crippen MR) is 99.0 cm³/mol. The van der Waals surface area contributed by atoms with Gasteiger partial charge in [-0.1, -0.05) is 56.0 Å². The maximum atomic E-state index is 12.3. The first-order valence-electron chi connectivity index (χ1n) is 9.86. The molecular weight excluding hydrogens is 312 g/mol. The molecule has 1 aromatic rings. The van der Waals surface area contributed by atoms with Gasteiger partial charge in [-0.3, -0.25) is 9.59 Å². The number of amides is 2. The summed E-state index contributed by atoms with van der Waals surface area (Å²) in [5, 5.41) is 6.17. The fourth-order valence-corrected chi connectivity index (χ4v) is 3.79. The summed E-state index contributed by atoms with van der Waals surface area (Å²) in [6, 6.07) is 10.6. The monoisotopic (exact) mass is 342 g/mol. The van der Waals surface area contributed by atoms with E-state index >= 15 is 0 Å². The molecule has 0 radical (unpaired) electrons. The van der Waals surface area contributed by atoms with Crippen molar-refractivity contribution in [3.63, 3.8) is 0 Å². The zero-order chi connectivity index (χ0) is 17.5. The summed E-state index contributed by atoms with van der Waals surface area (Å²) in [6.45, 7) is 0.682. The average molecular weight is 342 g/mol. The molecule has 0 heterocycles. The summed E-state index contributed by atoms with van der Waals surface area (Å²) in [5.41, 5.74) is 1.30. The van der Waals surface area contributed by atoms with E-state index in [1.54, 1.807) is 0 Å². The van der Waals surface area contributed by atoms with E-state index in [0.29, 0.717) is 19.0 Å². The Bertz CT molecular complexity index is 565. The second-order valence-corrected chi connectivity index (χ2v) is 7.53. The molecule has 0 bridgehead atoms. The van der Waals surface area contributed by atoms with E-state index in [9.17, 15) is 9.59 Å². The van der Waals surface area contributed by atoms with Crippen molar-refractivity contribution >= 4 is 11.8 Å². The van der Waals surface area contributed by atoms with Crippen LogP contribution in [0.2, 0.25) is 0 Å². The molecule has 25 heavy (non-hydrogen) atoms. The Morgan fingerprint density at radius 1 is 0.920 bits per heavy atom. The second kappa shape index (κ2) is 9.02. The number of nitrogens with one attached hydrogen (secondary N) is 2. The van der Waals surface area contributed by atoms with E-state index in [-0.39, 0.29) is 23.7 Å². The first-order valence-corrected chi connectivity index (χ1v) is 9.86. The molecule has 2 aliphatic carbocycles. The van der Waals surface area contributed by atoms with Crippen LogP contribution >= 0.6 is 0 Å². The van der Waals surface area contributed by atoms with Crippen LogP contribution in [0.15, 0.2) is 30.3 Å². The molecular formula is C21H30N2O2. The van der Waals surface area contributed by atoms with Crippen LogP contribution in [0.1, 0.15) is 56.9 Å². The lowest BCUT2D eigenvalue weighted by atomic mass is 10.1. The molecule has 2 saturated carbocycles. The van der Waals surface area contributed by atoms with Crippen molar-refractivity contribution in [2.24, 2.45) is 11.8 Å². The molecule has 4 heteroatoms. The van der Waals surface area contributed by atoms with Gasteiger partial charge in [-0.2, -0.15) is 0 Å². The van der Waals surface area contributed by atoms with Gasteiger partial charge < -0.3 is 10.6 Å². The van der Waals surface area contributed by atoms with Crippen LogP contribution in [0.4, 0.5) is 0 Å². The first kappa shape index (κ1) is 18.0.